The summed E-state index contributed by atoms with van der Waals surface area (Å²) in [5, 5.41) is 1.66. The minimum Gasteiger partial charge on any atom is -0.494 e. The van der Waals surface area contributed by atoms with Crippen LogP contribution in [-0.2, 0) is 12.8 Å². The highest BCUT2D eigenvalue weighted by atomic mass is 32.2. The fourth-order valence-corrected chi connectivity index (χ4v) is 7.53. The Morgan fingerprint density at radius 3 is 2.50 bits per heavy atom. The lowest BCUT2D eigenvalue weighted by molar-refractivity contribution is 0.218. The van der Waals surface area contributed by atoms with E-state index in [1.165, 1.54) is 42.5 Å². The molecule has 1 atom stereocenters. The summed E-state index contributed by atoms with van der Waals surface area (Å²) >= 11 is 3.48. The standard InChI is InChI=1S/C30H42N2O2S2/c1-6-8-9-10-11-12-19-35-29-31-27-26(24-18-13-21(30(3,4)5)20-25(24)36-27)28(33)32(29)22-14-16-23(17-15-22)34-7-2/h14-17,21H,6-13,18-20H2,1-5H3. The summed E-state index contributed by atoms with van der Waals surface area (Å²) in [7, 11) is 0. The van der Waals surface area contributed by atoms with Crippen LogP contribution >= 0.6 is 23.1 Å². The van der Waals surface area contributed by atoms with Crippen molar-refractivity contribution in [2.24, 2.45) is 11.3 Å². The molecule has 0 saturated heterocycles. The molecular formula is C30H42N2O2S2. The number of benzene rings is 1. The molecule has 4 nitrogen and oxygen atoms in total. The number of rotatable bonds is 11. The van der Waals surface area contributed by atoms with Crippen molar-refractivity contribution in [2.45, 2.75) is 97.6 Å². The van der Waals surface area contributed by atoms with E-state index in [4.69, 9.17) is 9.72 Å². The number of aromatic nitrogens is 2. The Bertz CT molecular complexity index is 1200. The van der Waals surface area contributed by atoms with Gasteiger partial charge in [-0.2, -0.15) is 0 Å². The Hall–Kier alpha value is -1.79. The molecule has 0 amide bonds. The highest BCUT2D eigenvalue weighted by Crippen LogP contribution is 2.42. The number of thioether (sulfide) groups is 1. The van der Waals surface area contributed by atoms with E-state index < -0.39 is 0 Å². The van der Waals surface area contributed by atoms with Crippen LogP contribution in [0.4, 0.5) is 0 Å². The number of unbranched alkanes of at least 4 members (excludes halogenated alkanes) is 5. The van der Waals surface area contributed by atoms with E-state index in [1.807, 2.05) is 35.8 Å². The molecule has 1 aromatic carbocycles. The van der Waals surface area contributed by atoms with Crippen molar-refractivity contribution < 1.29 is 4.74 Å². The van der Waals surface area contributed by atoms with Gasteiger partial charge in [0, 0.05) is 10.6 Å². The molecule has 4 rings (SSSR count). The summed E-state index contributed by atoms with van der Waals surface area (Å²) in [5.74, 6) is 2.46. The average molecular weight is 527 g/mol. The minimum atomic E-state index is 0.0846. The van der Waals surface area contributed by atoms with Crippen LogP contribution in [0.1, 0.15) is 90.0 Å². The van der Waals surface area contributed by atoms with E-state index in [2.05, 4.69) is 27.7 Å². The van der Waals surface area contributed by atoms with Crippen LogP contribution in [-0.4, -0.2) is 21.9 Å². The molecule has 0 N–H and O–H groups in total. The predicted octanol–water partition coefficient (Wildman–Crippen LogP) is 8.45. The first-order valence-corrected chi connectivity index (χ1v) is 15.6. The summed E-state index contributed by atoms with van der Waals surface area (Å²) < 4.78 is 7.49. The van der Waals surface area contributed by atoms with E-state index in [0.717, 1.165) is 58.2 Å². The molecule has 0 spiro atoms. The van der Waals surface area contributed by atoms with E-state index in [0.29, 0.717) is 12.5 Å². The summed E-state index contributed by atoms with van der Waals surface area (Å²) in [6, 6.07) is 7.88. The van der Waals surface area contributed by atoms with Gasteiger partial charge >= 0.3 is 0 Å². The van der Waals surface area contributed by atoms with Gasteiger partial charge in [0.25, 0.3) is 5.56 Å². The number of ether oxygens (including phenoxy) is 1. The molecule has 2 aromatic heterocycles. The van der Waals surface area contributed by atoms with E-state index in [-0.39, 0.29) is 11.0 Å². The largest absolute Gasteiger partial charge is 0.494 e. The monoisotopic (exact) mass is 526 g/mol. The van der Waals surface area contributed by atoms with Crippen molar-refractivity contribution in [1.29, 1.82) is 0 Å². The maximum absolute atomic E-state index is 14.1. The number of thiophene rings is 1. The zero-order valence-corrected chi connectivity index (χ0v) is 24.3. The van der Waals surface area contributed by atoms with E-state index in [1.54, 1.807) is 23.1 Å². The zero-order valence-electron chi connectivity index (χ0n) is 22.7. The van der Waals surface area contributed by atoms with Gasteiger partial charge in [0.1, 0.15) is 10.6 Å². The maximum atomic E-state index is 14.1. The Morgan fingerprint density at radius 2 is 1.81 bits per heavy atom. The number of nitrogens with zero attached hydrogens (tertiary/aromatic N) is 2. The molecular weight excluding hydrogens is 484 g/mol. The van der Waals surface area contributed by atoms with Crippen molar-refractivity contribution in [2.75, 3.05) is 12.4 Å². The Labute approximate surface area is 224 Å². The van der Waals surface area contributed by atoms with Gasteiger partial charge in [-0.3, -0.25) is 9.36 Å². The van der Waals surface area contributed by atoms with Gasteiger partial charge in [0.15, 0.2) is 5.16 Å². The first kappa shape index (κ1) is 27.3. The molecule has 0 radical (unpaired) electrons. The number of fused-ring (bicyclic) bond motifs is 3. The molecule has 6 heteroatoms. The van der Waals surface area contributed by atoms with Crippen molar-refractivity contribution in [3.63, 3.8) is 0 Å². The fourth-order valence-electron chi connectivity index (χ4n) is 5.17. The van der Waals surface area contributed by atoms with Gasteiger partial charge in [-0.15, -0.1) is 11.3 Å². The molecule has 0 aliphatic heterocycles. The van der Waals surface area contributed by atoms with Crippen LogP contribution in [0.15, 0.2) is 34.2 Å². The van der Waals surface area contributed by atoms with Crippen LogP contribution in [0, 0.1) is 11.3 Å². The summed E-state index contributed by atoms with van der Waals surface area (Å²) in [6.45, 7) is 11.9. The number of hydrogen-bond acceptors (Lipinski definition) is 5. The second-order valence-electron chi connectivity index (χ2n) is 11.1. The minimum absolute atomic E-state index is 0.0846. The summed E-state index contributed by atoms with van der Waals surface area (Å²) in [4.78, 5) is 21.5. The first-order valence-electron chi connectivity index (χ1n) is 13.8. The molecule has 0 fully saturated rings. The van der Waals surface area contributed by atoms with E-state index in [9.17, 15) is 4.79 Å². The van der Waals surface area contributed by atoms with Crippen LogP contribution < -0.4 is 10.3 Å². The van der Waals surface area contributed by atoms with Gasteiger partial charge in [-0.1, -0.05) is 71.6 Å². The molecule has 1 aliphatic carbocycles. The van der Waals surface area contributed by atoms with Crippen molar-refractivity contribution >= 4 is 33.3 Å². The Morgan fingerprint density at radius 1 is 1.08 bits per heavy atom. The van der Waals surface area contributed by atoms with Gasteiger partial charge in [-0.25, -0.2) is 4.98 Å². The molecule has 2 heterocycles. The third kappa shape index (κ3) is 6.19. The van der Waals surface area contributed by atoms with Crippen molar-refractivity contribution in [3.8, 4) is 11.4 Å². The summed E-state index contributed by atoms with van der Waals surface area (Å²) in [5.41, 5.74) is 2.48. The lowest BCUT2D eigenvalue weighted by Gasteiger charge is -2.33. The quantitative estimate of drug-likeness (QED) is 0.143. The topological polar surface area (TPSA) is 44.1 Å². The third-order valence-electron chi connectivity index (χ3n) is 7.41. The Balaban J connectivity index is 1.68. The SMILES string of the molecule is CCCCCCCCSc1nc2sc3c(c2c(=O)n1-c1ccc(OCC)cc1)CCC(C(C)(C)C)C3. The highest BCUT2D eigenvalue weighted by Gasteiger charge is 2.32. The van der Waals surface area contributed by atoms with Gasteiger partial charge in [0.2, 0.25) is 0 Å². The fraction of sp³-hybridized carbons (Fsp3) is 0.600. The zero-order chi connectivity index (χ0) is 25.7. The lowest BCUT2D eigenvalue weighted by atomic mass is 9.72. The second-order valence-corrected chi connectivity index (χ2v) is 13.2. The first-order chi connectivity index (χ1) is 17.3. The van der Waals surface area contributed by atoms with Crippen LogP contribution in [0.2, 0.25) is 0 Å². The van der Waals surface area contributed by atoms with E-state index >= 15 is 0 Å². The normalized spacial score (nSPS) is 15.9. The molecule has 1 unspecified atom stereocenters. The molecule has 36 heavy (non-hydrogen) atoms. The van der Waals surface area contributed by atoms with Crippen LogP contribution in [0.5, 0.6) is 5.75 Å². The van der Waals surface area contributed by atoms with Gasteiger partial charge in [-0.05, 0) is 73.8 Å². The molecule has 0 saturated carbocycles. The smallest absolute Gasteiger partial charge is 0.267 e. The number of hydrogen-bond donors (Lipinski definition) is 0. The molecule has 3 aromatic rings. The molecule has 0 bridgehead atoms. The molecule has 196 valence electrons. The number of aryl methyl sites for hydroxylation is 1. The Kier molecular flexibility index (Phi) is 9.21. The van der Waals surface area contributed by atoms with Crippen LogP contribution in [0.25, 0.3) is 15.9 Å². The molecule has 1 aliphatic rings. The summed E-state index contributed by atoms with van der Waals surface area (Å²) in [6.07, 6.45) is 10.8. The average Bonchev–Trinajstić information content (AvgIpc) is 3.22. The highest BCUT2D eigenvalue weighted by molar-refractivity contribution is 7.99. The van der Waals surface area contributed by atoms with Crippen molar-refractivity contribution in [3.05, 3.63) is 45.1 Å². The maximum Gasteiger partial charge on any atom is 0.267 e. The lowest BCUT2D eigenvalue weighted by Crippen LogP contribution is -2.27. The second kappa shape index (κ2) is 12.2. The van der Waals surface area contributed by atoms with Crippen molar-refractivity contribution in [1.82, 2.24) is 9.55 Å². The van der Waals surface area contributed by atoms with Crippen LogP contribution in [0.3, 0.4) is 0 Å². The third-order valence-corrected chi connectivity index (χ3v) is 9.58. The van der Waals surface area contributed by atoms with Gasteiger partial charge < -0.3 is 4.74 Å². The van der Waals surface area contributed by atoms with Gasteiger partial charge in [0.05, 0.1) is 17.7 Å². The predicted molar refractivity (Wildman–Crippen MR) is 155 cm³/mol.